The normalized spacial score (nSPS) is 10.9. The Morgan fingerprint density at radius 2 is 1.67 bits per heavy atom. The van der Waals surface area contributed by atoms with Crippen molar-refractivity contribution >= 4 is 10.8 Å². The molecule has 2 nitrogen and oxygen atoms in total. The van der Waals surface area contributed by atoms with Crippen molar-refractivity contribution in [1.29, 1.82) is 0 Å². The number of aromatic hydroxyl groups is 1. The molecule has 0 unspecified atom stereocenters. The summed E-state index contributed by atoms with van der Waals surface area (Å²) in [7, 11) is 0. The first-order valence-corrected chi connectivity index (χ1v) is 5.06. The van der Waals surface area contributed by atoms with Gasteiger partial charge in [0.05, 0.1) is 0 Å². The second-order valence-corrected chi connectivity index (χ2v) is 3.83. The topological polar surface area (TPSA) is 46.2 Å². The van der Waals surface area contributed by atoms with Gasteiger partial charge in [0.25, 0.3) is 0 Å². The molecule has 3 N–H and O–H groups in total. The molecule has 0 fully saturated rings. The number of phenols is 1. The molecule has 2 heteroatoms. The number of hydrogen-bond donors (Lipinski definition) is 2. The van der Waals surface area contributed by atoms with Crippen LogP contribution in [0.25, 0.3) is 10.8 Å². The zero-order chi connectivity index (χ0) is 11.0. The Bertz CT molecular complexity index is 517. The van der Waals surface area contributed by atoms with Gasteiger partial charge in [-0.3, -0.25) is 0 Å². The molecule has 0 atom stereocenters. The van der Waals surface area contributed by atoms with E-state index < -0.39 is 0 Å². The summed E-state index contributed by atoms with van der Waals surface area (Å²) in [5.41, 5.74) is 8.57. The molecule has 0 radical (unpaired) electrons. The number of hydrogen-bond acceptors (Lipinski definition) is 2. The Morgan fingerprint density at radius 3 is 2.27 bits per heavy atom. The zero-order valence-corrected chi connectivity index (χ0v) is 9.04. The summed E-state index contributed by atoms with van der Waals surface area (Å²) in [6, 6.07) is 8.04. The maximum atomic E-state index is 10.00. The van der Waals surface area contributed by atoms with Crippen LogP contribution in [0.2, 0.25) is 0 Å². The van der Waals surface area contributed by atoms with Crippen molar-refractivity contribution in [3.8, 4) is 5.75 Å². The van der Waals surface area contributed by atoms with E-state index in [9.17, 15) is 5.11 Å². The van der Waals surface area contributed by atoms with Crippen molar-refractivity contribution in [1.82, 2.24) is 0 Å². The zero-order valence-electron chi connectivity index (χ0n) is 9.04. The van der Waals surface area contributed by atoms with E-state index >= 15 is 0 Å². The molecule has 0 bridgehead atoms. The molecular weight excluding hydrogens is 186 g/mol. The third-order valence-electron chi connectivity index (χ3n) is 3.06. The van der Waals surface area contributed by atoms with Crippen LogP contribution in [0.4, 0.5) is 0 Å². The molecule has 0 amide bonds. The minimum Gasteiger partial charge on any atom is -0.507 e. The Morgan fingerprint density at radius 1 is 1.07 bits per heavy atom. The van der Waals surface area contributed by atoms with Crippen LogP contribution in [-0.2, 0) is 6.54 Å². The highest BCUT2D eigenvalue weighted by molar-refractivity contribution is 5.91. The number of rotatable bonds is 1. The average Bonchev–Trinajstić information content (AvgIpc) is 2.27. The van der Waals surface area contributed by atoms with E-state index in [1.165, 1.54) is 5.39 Å². The lowest BCUT2D eigenvalue weighted by atomic mass is 9.95. The van der Waals surface area contributed by atoms with Crippen molar-refractivity contribution in [3.63, 3.8) is 0 Å². The number of benzene rings is 2. The van der Waals surface area contributed by atoms with E-state index in [2.05, 4.69) is 6.07 Å². The predicted molar refractivity (Wildman–Crippen MR) is 63.0 cm³/mol. The van der Waals surface area contributed by atoms with E-state index in [-0.39, 0.29) is 0 Å². The third kappa shape index (κ3) is 1.38. The largest absolute Gasteiger partial charge is 0.507 e. The molecule has 0 saturated heterocycles. The molecule has 0 saturated carbocycles. The number of nitrogens with two attached hydrogens (primary N) is 1. The average molecular weight is 201 g/mol. The van der Waals surface area contributed by atoms with E-state index in [1.807, 2.05) is 32.0 Å². The summed E-state index contributed by atoms with van der Waals surface area (Å²) in [5, 5.41) is 12.2. The first-order valence-electron chi connectivity index (χ1n) is 5.06. The number of aryl methyl sites for hydroxylation is 1. The lowest BCUT2D eigenvalue weighted by molar-refractivity contribution is 0.465. The van der Waals surface area contributed by atoms with Gasteiger partial charge in [0.2, 0.25) is 0 Å². The highest BCUT2D eigenvalue weighted by Crippen LogP contribution is 2.33. The van der Waals surface area contributed by atoms with Crippen LogP contribution in [0.1, 0.15) is 16.7 Å². The maximum absolute atomic E-state index is 10.00. The van der Waals surface area contributed by atoms with Crippen molar-refractivity contribution in [3.05, 3.63) is 41.0 Å². The van der Waals surface area contributed by atoms with E-state index in [0.29, 0.717) is 12.3 Å². The van der Waals surface area contributed by atoms with E-state index in [1.54, 1.807) is 0 Å². The Kier molecular flexibility index (Phi) is 2.37. The highest BCUT2D eigenvalue weighted by atomic mass is 16.3. The summed E-state index contributed by atoms with van der Waals surface area (Å²) < 4.78 is 0. The molecular formula is C13H15NO. The highest BCUT2D eigenvalue weighted by Gasteiger charge is 2.11. The van der Waals surface area contributed by atoms with Crippen molar-refractivity contribution < 1.29 is 5.11 Å². The molecule has 0 aliphatic heterocycles. The predicted octanol–water partition coefficient (Wildman–Crippen LogP) is 2.62. The van der Waals surface area contributed by atoms with Gasteiger partial charge in [-0.15, -0.1) is 0 Å². The minimum absolute atomic E-state index is 0.341. The van der Waals surface area contributed by atoms with Crippen molar-refractivity contribution in [2.45, 2.75) is 20.4 Å². The van der Waals surface area contributed by atoms with Crippen LogP contribution >= 0.6 is 0 Å². The maximum Gasteiger partial charge on any atom is 0.123 e. The summed E-state index contributed by atoms with van der Waals surface area (Å²) in [6.45, 7) is 4.32. The van der Waals surface area contributed by atoms with Gasteiger partial charge in [-0.05, 0) is 35.7 Å². The van der Waals surface area contributed by atoms with Crippen LogP contribution in [0.5, 0.6) is 5.75 Å². The number of fused-ring (bicyclic) bond motifs is 1. The Balaban J connectivity index is 2.98. The lowest BCUT2D eigenvalue weighted by Gasteiger charge is -2.13. The molecule has 0 aromatic heterocycles. The molecule has 2 aromatic rings. The second kappa shape index (κ2) is 3.55. The molecule has 2 rings (SSSR count). The first kappa shape index (κ1) is 9.99. The first-order chi connectivity index (χ1) is 7.16. The summed E-state index contributed by atoms with van der Waals surface area (Å²) in [6.07, 6.45) is 0. The smallest absolute Gasteiger partial charge is 0.123 e. The standard InChI is InChI=1S/C13H15NO/c1-8-9(2)13(15)12(7-14)11-6-4-3-5-10(8)11/h3-6,15H,7,14H2,1-2H3. The lowest BCUT2D eigenvalue weighted by Crippen LogP contribution is -2.00. The van der Waals surface area contributed by atoms with Crippen LogP contribution < -0.4 is 5.73 Å². The van der Waals surface area contributed by atoms with Crippen molar-refractivity contribution in [2.75, 3.05) is 0 Å². The second-order valence-electron chi connectivity index (χ2n) is 3.83. The summed E-state index contributed by atoms with van der Waals surface area (Å²) in [4.78, 5) is 0. The van der Waals surface area contributed by atoms with Gasteiger partial charge in [0, 0.05) is 12.1 Å². The SMILES string of the molecule is Cc1c(O)c(CN)c2ccccc2c1C. The molecule has 0 spiro atoms. The number of phenolic OH excluding ortho intramolecular Hbond substituents is 1. The summed E-state index contributed by atoms with van der Waals surface area (Å²) in [5.74, 6) is 0.341. The van der Waals surface area contributed by atoms with Crippen molar-refractivity contribution in [2.24, 2.45) is 5.73 Å². The molecule has 0 heterocycles. The third-order valence-corrected chi connectivity index (χ3v) is 3.06. The van der Waals surface area contributed by atoms with Gasteiger partial charge in [0.15, 0.2) is 0 Å². The quantitative estimate of drug-likeness (QED) is 0.745. The van der Waals surface area contributed by atoms with E-state index in [0.717, 1.165) is 22.1 Å². The summed E-state index contributed by atoms with van der Waals surface area (Å²) >= 11 is 0. The van der Waals surface area contributed by atoms with Crippen LogP contribution in [0.3, 0.4) is 0 Å². The molecule has 0 aliphatic rings. The van der Waals surface area contributed by atoms with Gasteiger partial charge in [-0.25, -0.2) is 0 Å². The minimum atomic E-state index is 0.341. The van der Waals surface area contributed by atoms with Crippen LogP contribution in [-0.4, -0.2) is 5.11 Å². The van der Waals surface area contributed by atoms with Gasteiger partial charge in [0.1, 0.15) is 5.75 Å². The van der Waals surface area contributed by atoms with Gasteiger partial charge in [-0.1, -0.05) is 24.3 Å². The fourth-order valence-corrected chi connectivity index (χ4v) is 2.01. The molecule has 2 aromatic carbocycles. The molecule has 78 valence electrons. The Hall–Kier alpha value is -1.54. The fourth-order valence-electron chi connectivity index (χ4n) is 2.01. The Labute approximate surface area is 89.3 Å². The van der Waals surface area contributed by atoms with E-state index in [4.69, 9.17) is 5.73 Å². The van der Waals surface area contributed by atoms with Crippen LogP contribution in [0, 0.1) is 13.8 Å². The van der Waals surface area contributed by atoms with Gasteiger partial charge in [-0.2, -0.15) is 0 Å². The van der Waals surface area contributed by atoms with Gasteiger partial charge < -0.3 is 10.8 Å². The monoisotopic (exact) mass is 201 g/mol. The van der Waals surface area contributed by atoms with Gasteiger partial charge >= 0.3 is 0 Å². The molecule has 15 heavy (non-hydrogen) atoms. The van der Waals surface area contributed by atoms with Crippen LogP contribution in [0.15, 0.2) is 24.3 Å². The molecule has 0 aliphatic carbocycles. The fraction of sp³-hybridized carbons (Fsp3) is 0.231.